The molecule has 1 N–H and O–H groups in total. The molecule has 0 bridgehead atoms. The van der Waals surface area contributed by atoms with E-state index in [9.17, 15) is 9.18 Å². The molecule has 0 unspecified atom stereocenters. The average Bonchev–Trinajstić information content (AvgIpc) is 3.15. The van der Waals surface area contributed by atoms with Gasteiger partial charge in [-0.25, -0.2) is 9.37 Å². The molecular formula is C16H14FN5O. The van der Waals surface area contributed by atoms with Crippen LogP contribution >= 0.6 is 0 Å². The van der Waals surface area contributed by atoms with E-state index in [0.29, 0.717) is 5.52 Å². The van der Waals surface area contributed by atoms with E-state index < -0.39 is 11.6 Å². The summed E-state index contributed by atoms with van der Waals surface area (Å²) in [5.74, 6) is -0.387. The highest BCUT2D eigenvalue weighted by Gasteiger charge is 2.51. The predicted molar refractivity (Wildman–Crippen MR) is 83.4 cm³/mol. The average molecular weight is 311 g/mol. The van der Waals surface area contributed by atoms with E-state index >= 15 is 0 Å². The van der Waals surface area contributed by atoms with Gasteiger partial charge in [-0.05, 0) is 31.0 Å². The first kappa shape index (κ1) is 13.8. The Morgan fingerprint density at radius 1 is 1.30 bits per heavy atom. The lowest BCUT2D eigenvalue weighted by Crippen LogP contribution is -2.25. The summed E-state index contributed by atoms with van der Waals surface area (Å²) in [6.07, 6.45) is 4.04. The van der Waals surface area contributed by atoms with Crippen LogP contribution in [-0.4, -0.2) is 31.3 Å². The predicted octanol–water partition coefficient (Wildman–Crippen LogP) is 2.47. The number of amides is 1. The van der Waals surface area contributed by atoms with Crippen LogP contribution in [0.4, 0.5) is 10.2 Å². The van der Waals surface area contributed by atoms with Gasteiger partial charge in [-0.1, -0.05) is 6.07 Å². The number of alkyl halides is 1. The van der Waals surface area contributed by atoms with Crippen molar-refractivity contribution < 1.29 is 9.18 Å². The van der Waals surface area contributed by atoms with Gasteiger partial charge in [0, 0.05) is 18.0 Å². The van der Waals surface area contributed by atoms with Crippen LogP contribution in [-0.2, 0) is 11.8 Å². The number of hydrogen-bond donors (Lipinski definition) is 1. The van der Waals surface area contributed by atoms with Crippen LogP contribution in [0.25, 0.3) is 22.2 Å². The largest absolute Gasteiger partial charge is 0.334 e. The topological polar surface area (TPSA) is 72.7 Å². The summed E-state index contributed by atoms with van der Waals surface area (Å²) in [4.78, 5) is 15.9. The minimum atomic E-state index is -1.73. The fraction of sp³-hybridized carbons (Fsp3) is 0.250. The van der Waals surface area contributed by atoms with Gasteiger partial charge in [0.05, 0.1) is 23.7 Å². The maximum Gasteiger partial charge on any atom is 0.263 e. The monoisotopic (exact) mass is 311 g/mol. The summed E-state index contributed by atoms with van der Waals surface area (Å²) in [5.41, 5.74) is 0.921. The maximum atomic E-state index is 13.7. The van der Waals surface area contributed by atoms with Gasteiger partial charge in [0.2, 0.25) is 0 Å². The molecule has 0 radical (unpaired) electrons. The number of rotatable bonds is 3. The third kappa shape index (κ3) is 2.44. The number of nitrogens with zero attached hydrogens (tertiary/aromatic N) is 4. The molecule has 0 atom stereocenters. The number of fused-ring (bicyclic) bond motifs is 1. The van der Waals surface area contributed by atoms with Crippen molar-refractivity contribution in [1.29, 1.82) is 0 Å². The molecule has 0 saturated heterocycles. The molecule has 23 heavy (non-hydrogen) atoms. The number of hydrogen-bond acceptors (Lipinski definition) is 4. The highest BCUT2D eigenvalue weighted by Crippen LogP contribution is 2.40. The second kappa shape index (κ2) is 4.84. The van der Waals surface area contributed by atoms with Crippen molar-refractivity contribution in [3.05, 3.63) is 36.8 Å². The molecule has 6 nitrogen and oxygen atoms in total. The first-order valence-corrected chi connectivity index (χ1v) is 7.30. The highest BCUT2D eigenvalue weighted by atomic mass is 19.1. The van der Waals surface area contributed by atoms with Crippen molar-refractivity contribution in [3.63, 3.8) is 0 Å². The van der Waals surface area contributed by atoms with Crippen molar-refractivity contribution in [2.24, 2.45) is 7.05 Å². The molecule has 1 fully saturated rings. The van der Waals surface area contributed by atoms with Crippen LogP contribution in [0.3, 0.4) is 0 Å². The van der Waals surface area contributed by atoms with Crippen LogP contribution in [0.5, 0.6) is 0 Å². The van der Waals surface area contributed by atoms with Crippen molar-refractivity contribution in [3.8, 4) is 11.3 Å². The lowest BCUT2D eigenvalue weighted by molar-refractivity contribution is -0.122. The van der Waals surface area contributed by atoms with E-state index in [-0.39, 0.29) is 18.7 Å². The Morgan fingerprint density at radius 2 is 2.13 bits per heavy atom. The molecule has 7 heteroatoms. The molecule has 1 amide bonds. The quantitative estimate of drug-likeness (QED) is 0.806. The first-order chi connectivity index (χ1) is 11.0. The van der Waals surface area contributed by atoms with Crippen LogP contribution in [0, 0.1) is 0 Å². The molecule has 2 heterocycles. The van der Waals surface area contributed by atoms with E-state index in [0.717, 1.165) is 16.6 Å². The zero-order valence-electron chi connectivity index (χ0n) is 12.5. The Balaban J connectivity index is 1.69. The molecule has 2 aromatic heterocycles. The van der Waals surface area contributed by atoms with Crippen LogP contribution in [0.1, 0.15) is 12.8 Å². The number of carbonyl (C=O) groups is 1. The molecule has 1 aliphatic carbocycles. The van der Waals surface area contributed by atoms with E-state index in [2.05, 4.69) is 20.5 Å². The fourth-order valence-corrected chi connectivity index (χ4v) is 2.47. The SMILES string of the molecule is Cn1cncc1-c1ccc2nnc(NC(=O)C3(F)CC3)cc2c1. The smallest absolute Gasteiger partial charge is 0.263 e. The standard InChI is InChI=1S/C16H14FN5O/c1-22-9-18-8-13(22)10-2-3-12-11(6-10)7-14(21-20-12)19-15(23)16(17)4-5-16/h2-3,6-9H,4-5H2,1H3,(H,19,21,23). The highest BCUT2D eigenvalue weighted by molar-refractivity contribution is 5.99. The maximum absolute atomic E-state index is 13.7. The third-order valence-corrected chi connectivity index (χ3v) is 4.04. The number of aromatic nitrogens is 4. The molecule has 1 aromatic carbocycles. The van der Waals surface area contributed by atoms with E-state index in [1.165, 1.54) is 0 Å². The van der Waals surface area contributed by atoms with Gasteiger partial charge in [0.1, 0.15) is 0 Å². The summed E-state index contributed by atoms with van der Waals surface area (Å²) < 4.78 is 15.6. The Morgan fingerprint density at radius 3 is 2.83 bits per heavy atom. The Kier molecular flexibility index (Phi) is 2.90. The van der Waals surface area contributed by atoms with Crippen LogP contribution in [0.2, 0.25) is 0 Å². The molecule has 116 valence electrons. The van der Waals surface area contributed by atoms with E-state index in [1.54, 1.807) is 18.6 Å². The van der Waals surface area contributed by atoms with Crippen LogP contribution < -0.4 is 5.32 Å². The number of aryl methyl sites for hydroxylation is 1. The minimum absolute atomic E-state index is 0.258. The van der Waals surface area contributed by atoms with Gasteiger partial charge in [0.25, 0.3) is 5.91 Å². The minimum Gasteiger partial charge on any atom is -0.334 e. The van der Waals surface area contributed by atoms with Gasteiger partial charge in [-0.15, -0.1) is 10.2 Å². The summed E-state index contributed by atoms with van der Waals surface area (Å²) >= 11 is 0. The summed E-state index contributed by atoms with van der Waals surface area (Å²) in [6, 6.07) is 7.44. The van der Waals surface area contributed by atoms with Gasteiger partial charge in [-0.2, -0.15) is 0 Å². The van der Waals surface area contributed by atoms with Crippen molar-refractivity contribution in [1.82, 2.24) is 19.7 Å². The van der Waals surface area contributed by atoms with Crippen LogP contribution in [0.15, 0.2) is 36.8 Å². The molecule has 1 aliphatic rings. The molecule has 1 saturated carbocycles. The number of nitrogens with one attached hydrogen (secondary N) is 1. The zero-order valence-corrected chi connectivity index (χ0v) is 12.5. The summed E-state index contributed by atoms with van der Waals surface area (Å²) in [5, 5.41) is 11.3. The Bertz CT molecular complexity index is 916. The number of carbonyl (C=O) groups excluding carboxylic acids is 1. The second-order valence-electron chi connectivity index (χ2n) is 5.81. The zero-order chi connectivity index (χ0) is 16.0. The molecule has 0 spiro atoms. The van der Waals surface area contributed by atoms with E-state index in [1.807, 2.05) is 29.8 Å². The normalized spacial score (nSPS) is 15.6. The van der Waals surface area contributed by atoms with Gasteiger partial charge in [-0.3, -0.25) is 4.79 Å². The molecule has 3 aromatic rings. The van der Waals surface area contributed by atoms with Crippen molar-refractivity contribution in [2.75, 3.05) is 5.32 Å². The van der Waals surface area contributed by atoms with Gasteiger partial charge in [0.15, 0.2) is 11.5 Å². The van der Waals surface area contributed by atoms with Crippen molar-refractivity contribution >= 4 is 22.6 Å². The molecule has 0 aliphatic heterocycles. The Hall–Kier alpha value is -2.83. The number of imidazole rings is 1. The number of benzene rings is 1. The van der Waals surface area contributed by atoms with E-state index in [4.69, 9.17) is 0 Å². The fourth-order valence-electron chi connectivity index (χ4n) is 2.47. The lowest BCUT2D eigenvalue weighted by atomic mass is 10.1. The lowest BCUT2D eigenvalue weighted by Gasteiger charge is -2.08. The third-order valence-electron chi connectivity index (χ3n) is 4.04. The molecule has 4 rings (SSSR count). The summed E-state index contributed by atoms with van der Waals surface area (Å²) in [6.45, 7) is 0. The Labute approximate surface area is 131 Å². The number of anilines is 1. The van der Waals surface area contributed by atoms with Gasteiger partial charge >= 0.3 is 0 Å². The molecular weight excluding hydrogens is 297 g/mol. The van der Waals surface area contributed by atoms with Crippen molar-refractivity contribution in [2.45, 2.75) is 18.5 Å². The summed E-state index contributed by atoms with van der Waals surface area (Å²) in [7, 11) is 1.92. The first-order valence-electron chi connectivity index (χ1n) is 7.30. The van der Waals surface area contributed by atoms with Gasteiger partial charge < -0.3 is 9.88 Å². The number of halogens is 1. The second-order valence-corrected chi connectivity index (χ2v) is 5.81.